The Kier molecular flexibility index (Phi) is 4.04. The maximum atomic E-state index is 11.4. The number of carboxylic acids is 2. The first-order chi connectivity index (χ1) is 9.99. The van der Waals surface area contributed by atoms with Gasteiger partial charge >= 0.3 is 11.9 Å². The predicted octanol–water partition coefficient (Wildman–Crippen LogP) is 2.72. The number of aromatic hydroxyl groups is 1. The van der Waals surface area contributed by atoms with E-state index >= 15 is 0 Å². The Labute approximate surface area is 120 Å². The molecule has 2 rings (SSSR count). The molecule has 0 spiro atoms. The van der Waals surface area contributed by atoms with Crippen LogP contribution < -0.4 is 0 Å². The van der Waals surface area contributed by atoms with E-state index in [1.165, 1.54) is 36.4 Å². The van der Waals surface area contributed by atoms with Crippen LogP contribution in [0.5, 0.6) is 5.75 Å². The highest BCUT2D eigenvalue weighted by molar-refractivity contribution is 6.22. The van der Waals surface area contributed by atoms with Crippen LogP contribution in [0.25, 0.3) is 11.6 Å². The molecular weight excluding hydrogens is 272 g/mol. The lowest BCUT2D eigenvalue weighted by molar-refractivity contribution is -0.130. The van der Waals surface area contributed by atoms with Gasteiger partial charge in [-0.25, -0.2) is 9.59 Å². The molecule has 0 aromatic heterocycles. The Morgan fingerprint density at radius 3 is 1.95 bits per heavy atom. The van der Waals surface area contributed by atoms with Crippen LogP contribution in [0.3, 0.4) is 0 Å². The third-order valence-corrected chi connectivity index (χ3v) is 2.88. The van der Waals surface area contributed by atoms with E-state index in [9.17, 15) is 19.8 Å². The number of aromatic carboxylic acids is 1. The monoisotopic (exact) mass is 284 g/mol. The summed E-state index contributed by atoms with van der Waals surface area (Å²) in [5, 5.41) is 27.7. The van der Waals surface area contributed by atoms with E-state index in [1.807, 2.05) is 0 Å². The van der Waals surface area contributed by atoms with Crippen molar-refractivity contribution in [2.45, 2.75) is 0 Å². The topological polar surface area (TPSA) is 94.8 Å². The molecular formula is C16H12O5. The standard InChI is InChI=1S/C16H12O5/c17-11-7-5-10(6-8-11)9-14(16(20)21)12-3-1-2-4-13(12)15(18)19/h1-9,17H,(H,18,19)(H,20,21)/b14-9+. The zero-order chi connectivity index (χ0) is 15.4. The number of hydrogen-bond acceptors (Lipinski definition) is 3. The van der Waals surface area contributed by atoms with Gasteiger partial charge in [0.1, 0.15) is 5.75 Å². The number of phenolic OH excluding ortho intramolecular Hbond substituents is 1. The van der Waals surface area contributed by atoms with Gasteiger partial charge in [-0.2, -0.15) is 0 Å². The molecule has 0 fully saturated rings. The summed E-state index contributed by atoms with van der Waals surface area (Å²) in [6, 6.07) is 11.9. The van der Waals surface area contributed by atoms with Crippen LogP contribution in [0.2, 0.25) is 0 Å². The van der Waals surface area contributed by atoms with Crippen molar-refractivity contribution in [3.8, 4) is 5.75 Å². The highest BCUT2D eigenvalue weighted by Gasteiger charge is 2.17. The molecule has 3 N–H and O–H groups in total. The van der Waals surface area contributed by atoms with Gasteiger partial charge in [-0.1, -0.05) is 30.3 Å². The fraction of sp³-hybridized carbons (Fsp3) is 0. The van der Waals surface area contributed by atoms with Crippen molar-refractivity contribution in [1.82, 2.24) is 0 Å². The summed E-state index contributed by atoms with van der Waals surface area (Å²) >= 11 is 0. The lowest BCUT2D eigenvalue weighted by Gasteiger charge is -2.07. The molecule has 2 aromatic rings. The van der Waals surface area contributed by atoms with Gasteiger partial charge in [0.2, 0.25) is 0 Å². The van der Waals surface area contributed by atoms with Crippen molar-refractivity contribution >= 4 is 23.6 Å². The smallest absolute Gasteiger partial charge is 0.336 e. The summed E-state index contributed by atoms with van der Waals surface area (Å²) in [5.41, 5.74) is 0.472. The van der Waals surface area contributed by atoms with E-state index in [4.69, 9.17) is 5.11 Å². The minimum Gasteiger partial charge on any atom is -0.508 e. The molecule has 0 saturated heterocycles. The summed E-state index contributed by atoms with van der Waals surface area (Å²) in [6.07, 6.45) is 1.36. The van der Waals surface area contributed by atoms with Crippen LogP contribution in [0, 0.1) is 0 Å². The molecule has 0 aliphatic carbocycles. The Hall–Kier alpha value is -3.08. The van der Waals surface area contributed by atoms with Crippen molar-refractivity contribution < 1.29 is 24.9 Å². The van der Waals surface area contributed by atoms with Crippen molar-refractivity contribution in [2.24, 2.45) is 0 Å². The summed E-state index contributed by atoms with van der Waals surface area (Å²) in [7, 11) is 0. The maximum absolute atomic E-state index is 11.4. The zero-order valence-electron chi connectivity index (χ0n) is 10.9. The van der Waals surface area contributed by atoms with Crippen LogP contribution in [-0.4, -0.2) is 27.3 Å². The van der Waals surface area contributed by atoms with Crippen LogP contribution >= 0.6 is 0 Å². The second kappa shape index (κ2) is 5.92. The first-order valence-electron chi connectivity index (χ1n) is 6.06. The predicted molar refractivity (Wildman–Crippen MR) is 77.0 cm³/mol. The molecule has 0 aliphatic rings. The molecule has 0 bridgehead atoms. The SMILES string of the molecule is O=C(O)/C(=C/c1ccc(O)cc1)c1ccccc1C(=O)O. The van der Waals surface area contributed by atoms with Gasteiger partial charge in [-0.3, -0.25) is 0 Å². The molecule has 5 heteroatoms. The lowest BCUT2D eigenvalue weighted by Crippen LogP contribution is -2.07. The molecule has 5 nitrogen and oxygen atoms in total. The Bertz CT molecular complexity index is 714. The van der Waals surface area contributed by atoms with E-state index in [0.717, 1.165) is 0 Å². The van der Waals surface area contributed by atoms with Gasteiger partial charge in [0.15, 0.2) is 0 Å². The van der Waals surface area contributed by atoms with Gasteiger partial charge in [0.25, 0.3) is 0 Å². The van der Waals surface area contributed by atoms with E-state index in [0.29, 0.717) is 5.56 Å². The van der Waals surface area contributed by atoms with Crippen LogP contribution in [0.4, 0.5) is 0 Å². The van der Waals surface area contributed by atoms with Crippen molar-refractivity contribution in [1.29, 1.82) is 0 Å². The van der Waals surface area contributed by atoms with E-state index in [2.05, 4.69) is 0 Å². The largest absolute Gasteiger partial charge is 0.508 e. The quantitative estimate of drug-likeness (QED) is 0.592. The summed E-state index contributed by atoms with van der Waals surface area (Å²) < 4.78 is 0. The molecule has 0 heterocycles. The second-order valence-corrected chi connectivity index (χ2v) is 4.31. The van der Waals surface area contributed by atoms with Crippen LogP contribution in [0.15, 0.2) is 48.5 Å². The fourth-order valence-electron chi connectivity index (χ4n) is 1.90. The van der Waals surface area contributed by atoms with E-state index in [-0.39, 0.29) is 22.4 Å². The minimum absolute atomic E-state index is 0.0648. The van der Waals surface area contributed by atoms with Crippen molar-refractivity contribution in [3.05, 3.63) is 65.2 Å². The summed E-state index contributed by atoms with van der Waals surface area (Å²) in [6.45, 7) is 0. The number of rotatable bonds is 4. The van der Waals surface area contributed by atoms with E-state index < -0.39 is 11.9 Å². The maximum Gasteiger partial charge on any atom is 0.336 e. The Balaban J connectivity index is 2.57. The molecule has 106 valence electrons. The number of benzene rings is 2. The minimum atomic E-state index is -1.23. The molecule has 0 radical (unpaired) electrons. The number of carbonyl (C=O) groups is 2. The van der Waals surface area contributed by atoms with Crippen molar-refractivity contribution in [3.63, 3.8) is 0 Å². The van der Waals surface area contributed by atoms with Gasteiger partial charge in [-0.05, 0) is 29.8 Å². The van der Waals surface area contributed by atoms with E-state index in [1.54, 1.807) is 18.2 Å². The molecule has 0 unspecified atom stereocenters. The average Bonchev–Trinajstić information content (AvgIpc) is 2.46. The molecule has 0 saturated carbocycles. The molecule has 2 aromatic carbocycles. The lowest BCUT2D eigenvalue weighted by atomic mass is 9.97. The Morgan fingerprint density at radius 1 is 0.857 bits per heavy atom. The summed E-state index contributed by atoms with van der Waals surface area (Å²) in [4.78, 5) is 22.6. The normalized spacial score (nSPS) is 11.1. The second-order valence-electron chi connectivity index (χ2n) is 4.31. The van der Waals surface area contributed by atoms with Crippen LogP contribution in [-0.2, 0) is 4.79 Å². The third kappa shape index (κ3) is 3.27. The zero-order valence-corrected chi connectivity index (χ0v) is 10.9. The number of carboxylic acid groups (broad SMARTS) is 2. The molecule has 21 heavy (non-hydrogen) atoms. The van der Waals surface area contributed by atoms with Gasteiger partial charge in [-0.15, -0.1) is 0 Å². The van der Waals surface area contributed by atoms with Crippen molar-refractivity contribution in [2.75, 3.05) is 0 Å². The summed E-state index contributed by atoms with van der Waals surface area (Å²) in [5.74, 6) is -2.35. The first-order valence-corrected chi connectivity index (χ1v) is 6.06. The number of phenols is 1. The molecule has 0 atom stereocenters. The van der Waals surface area contributed by atoms with Gasteiger partial charge < -0.3 is 15.3 Å². The highest BCUT2D eigenvalue weighted by Crippen LogP contribution is 2.23. The van der Waals surface area contributed by atoms with Gasteiger partial charge in [0.05, 0.1) is 11.1 Å². The average molecular weight is 284 g/mol. The third-order valence-electron chi connectivity index (χ3n) is 2.88. The molecule has 0 aliphatic heterocycles. The number of hydrogen-bond donors (Lipinski definition) is 3. The number of aliphatic carboxylic acids is 1. The first kappa shape index (κ1) is 14.3. The van der Waals surface area contributed by atoms with Gasteiger partial charge in [0, 0.05) is 5.56 Å². The Morgan fingerprint density at radius 2 is 1.43 bits per heavy atom. The molecule has 0 amide bonds. The fourth-order valence-corrected chi connectivity index (χ4v) is 1.90. The highest BCUT2D eigenvalue weighted by atomic mass is 16.4. The van der Waals surface area contributed by atoms with Crippen LogP contribution in [0.1, 0.15) is 21.5 Å².